The van der Waals surface area contributed by atoms with Crippen LogP contribution in [0.2, 0.25) is 5.15 Å². The summed E-state index contributed by atoms with van der Waals surface area (Å²) in [6.07, 6.45) is 1.49. The van der Waals surface area contributed by atoms with E-state index in [9.17, 15) is 0 Å². The number of halogens is 1. The van der Waals surface area contributed by atoms with Crippen LogP contribution in [0, 0.1) is 0 Å². The van der Waals surface area contributed by atoms with Crippen molar-refractivity contribution in [1.82, 2.24) is 14.3 Å². The number of hydrogen-bond donors (Lipinski definition) is 1. The number of anilines is 1. The third-order valence-corrected chi connectivity index (χ3v) is 3.33. The van der Waals surface area contributed by atoms with E-state index in [1.54, 1.807) is 12.1 Å². The summed E-state index contributed by atoms with van der Waals surface area (Å²) in [5.41, 5.74) is 6.31. The summed E-state index contributed by atoms with van der Waals surface area (Å²) in [6.45, 7) is 0. The number of nitrogens with zero attached hydrogens (tertiary/aromatic N) is 3. The Kier molecular flexibility index (Phi) is 2.85. The molecule has 0 spiro atoms. The lowest BCUT2D eigenvalue weighted by Gasteiger charge is -2.00. The molecular weight excluding hydrogens is 240 g/mol. The first-order chi connectivity index (χ1) is 6.75. The molecule has 0 aliphatic rings. The Labute approximate surface area is 93.7 Å². The minimum atomic E-state index is 0.422. The van der Waals surface area contributed by atoms with E-state index in [0.717, 1.165) is 4.34 Å². The van der Waals surface area contributed by atoms with E-state index in [1.807, 2.05) is 0 Å². The molecule has 0 amide bonds. The molecule has 2 N–H and O–H groups in total. The second kappa shape index (κ2) is 4.12. The first-order valence-electron chi connectivity index (χ1n) is 3.62. The molecule has 2 heterocycles. The average Bonchev–Trinajstić information content (AvgIpc) is 2.64. The number of nitrogens with two attached hydrogens (primary N) is 1. The van der Waals surface area contributed by atoms with Gasteiger partial charge >= 0.3 is 0 Å². The predicted molar refractivity (Wildman–Crippen MR) is 57.7 cm³/mol. The zero-order valence-corrected chi connectivity index (χ0v) is 9.23. The van der Waals surface area contributed by atoms with Crippen LogP contribution >= 0.6 is 34.9 Å². The number of hydrogen-bond acceptors (Lipinski definition) is 6. The number of pyridine rings is 1. The predicted octanol–water partition coefficient (Wildman–Crippen LogP) is 2.32. The molecule has 2 aromatic heterocycles. The SMILES string of the molecule is Nc1ccc(Cl)nc1Sc1ncns1. The van der Waals surface area contributed by atoms with Crippen LogP contribution in [-0.2, 0) is 0 Å². The molecule has 0 unspecified atom stereocenters. The van der Waals surface area contributed by atoms with Gasteiger partial charge in [0.05, 0.1) is 5.69 Å². The van der Waals surface area contributed by atoms with Crippen molar-refractivity contribution in [2.24, 2.45) is 0 Å². The van der Waals surface area contributed by atoms with Crippen molar-refractivity contribution in [1.29, 1.82) is 0 Å². The van der Waals surface area contributed by atoms with Gasteiger partial charge in [0, 0.05) is 0 Å². The van der Waals surface area contributed by atoms with E-state index >= 15 is 0 Å². The van der Waals surface area contributed by atoms with Gasteiger partial charge in [-0.05, 0) is 35.4 Å². The first-order valence-corrected chi connectivity index (χ1v) is 5.59. The lowest BCUT2D eigenvalue weighted by molar-refractivity contribution is 1.13. The highest BCUT2D eigenvalue weighted by atomic mass is 35.5. The molecule has 0 saturated carbocycles. The smallest absolute Gasteiger partial charge is 0.176 e. The van der Waals surface area contributed by atoms with E-state index in [1.165, 1.54) is 29.6 Å². The third kappa shape index (κ3) is 2.14. The van der Waals surface area contributed by atoms with Crippen LogP contribution < -0.4 is 5.73 Å². The molecule has 0 aliphatic carbocycles. The van der Waals surface area contributed by atoms with Crippen LogP contribution in [-0.4, -0.2) is 14.3 Å². The zero-order valence-electron chi connectivity index (χ0n) is 6.85. The normalized spacial score (nSPS) is 10.4. The van der Waals surface area contributed by atoms with Gasteiger partial charge in [0.2, 0.25) is 0 Å². The maximum Gasteiger partial charge on any atom is 0.176 e. The maximum atomic E-state index is 5.74. The number of aromatic nitrogens is 3. The molecule has 72 valence electrons. The van der Waals surface area contributed by atoms with Crippen LogP contribution in [0.25, 0.3) is 0 Å². The topological polar surface area (TPSA) is 64.7 Å². The molecule has 7 heteroatoms. The quantitative estimate of drug-likeness (QED) is 0.822. The second-order valence-corrected chi connectivity index (χ2v) is 4.74. The van der Waals surface area contributed by atoms with E-state index in [0.29, 0.717) is 15.9 Å². The molecule has 0 bridgehead atoms. The summed E-state index contributed by atoms with van der Waals surface area (Å²) in [5, 5.41) is 1.08. The largest absolute Gasteiger partial charge is 0.397 e. The standard InChI is InChI=1S/C7H5ClN4S2/c8-5-2-1-4(9)6(12-5)13-7-10-3-11-14-7/h1-3H,9H2. The second-order valence-electron chi connectivity index (χ2n) is 2.34. The van der Waals surface area contributed by atoms with Gasteiger partial charge in [-0.15, -0.1) is 0 Å². The summed E-state index contributed by atoms with van der Waals surface area (Å²) < 4.78 is 4.68. The monoisotopic (exact) mass is 244 g/mol. The lowest BCUT2D eigenvalue weighted by atomic mass is 10.4. The van der Waals surface area contributed by atoms with Gasteiger partial charge in [-0.3, -0.25) is 0 Å². The van der Waals surface area contributed by atoms with Crippen molar-refractivity contribution in [3.05, 3.63) is 23.6 Å². The molecular formula is C7H5ClN4S2. The van der Waals surface area contributed by atoms with Crippen molar-refractivity contribution in [2.45, 2.75) is 9.37 Å². The zero-order chi connectivity index (χ0) is 9.97. The first kappa shape index (κ1) is 9.70. The van der Waals surface area contributed by atoms with Crippen molar-refractivity contribution in [3.8, 4) is 0 Å². The van der Waals surface area contributed by atoms with Gasteiger partial charge in [0.1, 0.15) is 16.5 Å². The Morgan fingerprint density at radius 1 is 1.43 bits per heavy atom. The van der Waals surface area contributed by atoms with Crippen molar-refractivity contribution in [2.75, 3.05) is 5.73 Å². The fourth-order valence-electron chi connectivity index (χ4n) is 0.801. The summed E-state index contributed by atoms with van der Waals surface area (Å²) >= 11 is 8.40. The Morgan fingerprint density at radius 2 is 2.29 bits per heavy atom. The van der Waals surface area contributed by atoms with Gasteiger partial charge in [-0.2, -0.15) is 4.37 Å². The summed E-state index contributed by atoms with van der Waals surface area (Å²) in [7, 11) is 0. The van der Waals surface area contributed by atoms with Crippen LogP contribution in [0.4, 0.5) is 5.69 Å². The van der Waals surface area contributed by atoms with Crippen LogP contribution in [0.15, 0.2) is 27.8 Å². The molecule has 0 saturated heterocycles. The van der Waals surface area contributed by atoms with Crippen molar-refractivity contribution in [3.63, 3.8) is 0 Å². The molecule has 0 aliphatic heterocycles. The third-order valence-electron chi connectivity index (χ3n) is 1.38. The lowest BCUT2D eigenvalue weighted by Crippen LogP contribution is -1.91. The van der Waals surface area contributed by atoms with Crippen molar-refractivity contribution >= 4 is 40.6 Å². The molecule has 0 atom stereocenters. The Bertz CT molecular complexity index is 431. The van der Waals surface area contributed by atoms with Gasteiger partial charge in [0.25, 0.3) is 0 Å². The average molecular weight is 245 g/mol. The fourth-order valence-corrected chi connectivity index (χ4v) is 2.39. The summed E-state index contributed by atoms with van der Waals surface area (Å²) in [6, 6.07) is 3.37. The number of nitrogen functional groups attached to an aromatic ring is 1. The van der Waals surface area contributed by atoms with Gasteiger partial charge in [-0.25, -0.2) is 9.97 Å². The van der Waals surface area contributed by atoms with Gasteiger partial charge in [-0.1, -0.05) is 11.6 Å². The minimum absolute atomic E-state index is 0.422. The molecule has 2 rings (SSSR count). The maximum absolute atomic E-state index is 5.74. The van der Waals surface area contributed by atoms with Gasteiger partial charge < -0.3 is 5.73 Å². The van der Waals surface area contributed by atoms with E-state index in [2.05, 4.69) is 14.3 Å². The molecule has 0 fully saturated rings. The van der Waals surface area contributed by atoms with Gasteiger partial charge in [0.15, 0.2) is 4.34 Å². The van der Waals surface area contributed by atoms with Crippen LogP contribution in [0.3, 0.4) is 0 Å². The van der Waals surface area contributed by atoms with Crippen LogP contribution in [0.1, 0.15) is 0 Å². The van der Waals surface area contributed by atoms with E-state index in [4.69, 9.17) is 17.3 Å². The highest BCUT2D eigenvalue weighted by Gasteiger charge is 2.06. The number of rotatable bonds is 2. The fraction of sp³-hybridized carbons (Fsp3) is 0. The highest BCUT2D eigenvalue weighted by Crippen LogP contribution is 2.31. The van der Waals surface area contributed by atoms with Crippen molar-refractivity contribution < 1.29 is 0 Å². The Balaban J connectivity index is 2.28. The molecule has 2 aromatic rings. The molecule has 4 nitrogen and oxygen atoms in total. The van der Waals surface area contributed by atoms with E-state index < -0.39 is 0 Å². The molecule has 14 heavy (non-hydrogen) atoms. The highest BCUT2D eigenvalue weighted by molar-refractivity contribution is 8.01. The Morgan fingerprint density at radius 3 is 3.00 bits per heavy atom. The molecule has 0 radical (unpaired) electrons. The van der Waals surface area contributed by atoms with Crippen LogP contribution in [0.5, 0.6) is 0 Å². The summed E-state index contributed by atoms with van der Waals surface area (Å²) in [4.78, 5) is 8.10. The van der Waals surface area contributed by atoms with E-state index in [-0.39, 0.29) is 0 Å². The molecule has 0 aromatic carbocycles. The Hall–Kier alpha value is -0.850. The summed E-state index contributed by atoms with van der Waals surface area (Å²) in [5.74, 6) is 0. The minimum Gasteiger partial charge on any atom is -0.397 e.